The number of ether oxygens (including phenoxy) is 1. The number of hydrogen-bond acceptors (Lipinski definition) is 6. The summed E-state index contributed by atoms with van der Waals surface area (Å²) in [6.45, 7) is 9.15. The van der Waals surface area contributed by atoms with Crippen molar-refractivity contribution < 1.29 is 14.3 Å². The lowest BCUT2D eigenvalue weighted by molar-refractivity contribution is -0.120. The highest BCUT2D eigenvalue weighted by molar-refractivity contribution is 5.87. The molecule has 0 aromatic carbocycles. The maximum Gasteiger partial charge on any atom is 0.410 e. The van der Waals surface area contributed by atoms with E-state index < -0.39 is 5.60 Å². The van der Waals surface area contributed by atoms with E-state index in [9.17, 15) is 9.59 Å². The van der Waals surface area contributed by atoms with Gasteiger partial charge in [-0.2, -0.15) is 0 Å². The first-order chi connectivity index (χ1) is 11.8. The van der Waals surface area contributed by atoms with Crippen molar-refractivity contribution in [2.45, 2.75) is 45.3 Å². The summed E-state index contributed by atoms with van der Waals surface area (Å²) in [5, 5.41) is 6.08. The zero-order valence-corrected chi connectivity index (χ0v) is 15.4. The van der Waals surface area contributed by atoms with E-state index in [2.05, 4.69) is 20.5 Å². The van der Waals surface area contributed by atoms with Crippen LogP contribution in [0.2, 0.25) is 0 Å². The molecular formula is C17H29N5O3. The highest BCUT2D eigenvalue weighted by Crippen LogP contribution is 2.27. The average Bonchev–Trinajstić information content (AvgIpc) is 3.28. The number of nitrogens with zero attached hydrogens (tertiary/aromatic N) is 3. The molecule has 3 aliphatic rings. The maximum absolute atomic E-state index is 12.2. The van der Waals surface area contributed by atoms with Crippen molar-refractivity contribution in [1.29, 1.82) is 0 Å². The lowest BCUT2D eigenvalue weighted by atomic mass is 10.2. The van der Waals surface area contributed by atoms with Crippen LogP contribution in [0.25, 0.3) is 0 Å². The molecule has 0 spiro atoms. The first-order valence-electron chi connectivity index (χ1n) is 9.11. The Balaban J connectivity index is 1.42. The van der Waals surface area contributed by atoms with Gasteiger partial charge < -0.3 is 25.2 Å². The molecule has 2 N–H and O–H groups in total. The predicted octanol–water partition coefficient (Wildman–Crippen LogP) is 0.393. The Labute approximate surface area is 149 Å². The molecule has 25 heavy (non-hydrogen) atoms. The molecule has 3 rings (SSSR count). The number of rotatable bonds is 4. The fourth-order valence-electron chi connectivity index (χ4n) is 3.02. The molecule has 0 aromatic rings. The van der Waals surface area contributed by atoms with Crippen molar-refractivity contribution in [3.8, 4) is 0 Å². The van der Waals surface area contributed by atoms with Gasteiger partial charge in [-0.25, -0.2) is 4.79 Å². The van der Waals surface area contributed by atoms with Gasteiger partial charge in [0.15, 0.2) is 5.96 Å². The van der Waals surface area contributed by atoms with Crippen molar-refractivity contribution in [1.82, 2.24) is 20.4 Å². The fourth-order valence-corrected chi connectivity index (χ4v) is 3.02. The number of nitrogens with one attached hydrogen (secondary N) is 2. The van der Waals surface area contributed by atoms with Gasteiger partial charge in [0.2, 0.25) is 5.91 Å². The maximum atomic E-state index is 12.2. The first kappa shape index (κ1) is 17.8. The van der Waals surface area contributed by atoms with Gasteiger partial charge in [0.1, 0.15) is 5.60 Å². The molecule has 2 aliphatic heterocycles. The van der Waals surface area contributed by atoms with Gasteiger partial charge in [-0.05, 0) is 39.5 Å². The third-order valence-electron chi connectivity index (χ3n) is 4.55. The van der Waals surface area contributed by atoms with E-state index in [0.29, 0.717) is 32.1 Å². The Hall–Kier alpha value is -1.99. The SMILES string of the molecule is CC(C)(C)OC(=O)N1CCN2C(NCC(=O)NCC3CC3)=NCC2C1. The number of aliphatic imine (C=N–C) groups is 1. The van der Waals surface area contributed by atoms with Gasteiger partial charge >= 0.3 is 6.09 Å². The molecule has 0 radical (unpaired) electrons. The van der Waals surface area contributed by atoms with E-state index in [4.69, 9.17) is 4.74 Å². The molecule has 140 valence electrons. The molecular weight excluding hydrogens is 322 g/mol. The van der Waals surface area contributed by atoms with E-state index in [1.807, 2.05) is 20.8 Å². The number of piperazine rings is 1. The topological polar surface area (TPSA) is 86.3 Å². The lowest BCUT2D eigenvalue weighted by Gasteiger charge is -2.39. The van der Waals surface area contributed by atoms with Gasteiger partial charge in [-0.3, -0.25) is 9.79 Å². The Morgan fingerprint density at radius 3 is 2.72 bits per heavy atom. The second-order valence-corrected chi connectivity index (χ2v) is 8.04. The van der Waals surface area contributed by atoms with Gasteiger partial charge in [0, 0.05) is 26.2 Å². The van der Waals surface area contributed by atoms with Gasteiger partial charge in [0.25, 0.3) is 0 Å². The van der Waals surface area contributed by atoms with Gasteiger partial charge in [0.05, 0.1) is 19.1 Å². The number of hydrogen-bond donors (Lipinski definition) is 2. The molecule has 1 aliphatic carbocycles. The molecule has 8 nitrogen and oxygen atoms in total. The van der Waals surface area contributed by atoms with Crippen molar-refractivity contribution >= 4 is 18.0 Å². The van der Waals surface area contributed by atoms with Crippen LogP contribution in [0.1, 0.15) is 33.6 Å². The highest BCUT2D eigenvalue weighted by Gasteiger charge is 2.36. The van der Waals surface area contributed by atoms with Crippen LogP contribution < -0.4 is 10.6 Å². The predicted molar refractivity (Wildman–Crippen MR) is 94.3 cm³/mol. The van der Waals surface area contributed by atoms with Crippen molar-refractivity contribution in [3.63, 3.8) is 0 Å². The monoisotopic (exact) mass is 351 g/mol. The third kappa shape index (κ3) is 4.99. The van der Waals surface area contributed by atoms with Gasteiger partial charge in [-0.1, -0.05) is 0 Å². The summed E-state index contributed by atoms with van der Waals surface area (Å²) in [4.78, 5) is 32.5. The summed E-state index contributed by atoms with van der Waals surface area (Å²) < 4.78 is 5.45. The number of fused-ring (bicyclic) bond motifs is 1. The Kier molecular flexibility index (Phi) is 5.06. The van der Waals surface area contributed by atoms with Crippen LogP contribution in [0.15, 0.2) is 4.99 Å². The third-order valence-corrected chi connectivity index (χ3v) is 4.55. The summed E-state index contributed by atoms with van der Waals surface area (Å²) in [5.74, 6) is 1.44. The van der Waals surface area contributed by atoms with E-state index >= 15 is 0 Å². The zero-order valence-electron chi connectivity index (χ0n) is 15.4. The largest absolute Gasteiger partial charge is 0.444 e. The van der Waals surface area contributed by atoms with Crippen LogP contribution >= 0.6 is 0 Å². The lowest BCUT2D eigenvalue weighted by Crippen LogP contribution is -2.58. The molecule has 2 fully saturated rings. The Morgan fingerprint density at radius 2 is 2.04 bits per heavy atom. The van der Waals surface area contributed by atoms with Crippen LogP contribution in [0.4, 0.5) is 4.79 Å². The minimum atomic E-state index is -0.485. The van der Waals surface area contributed by atoms with Crippen LogP contribution in [0.5, 0.6) is 0 Å². The first-order valence-corrected chi connectivity index (χ1v) is 9.11. The minimum Gasteiger partial charge on any atom is -0.444 e. The molecule has 1 unspecified atom stereocenters. The number of carbonyl (C=O) groups excluding carboxylic acids is 2. The van der Waals surface area contributed by atoms with Crippen LogP contribution in [-0.4, -0.2) is 78.7 Å². The zero-order chi connectivity index (χ0) is 18.0. The van der Waals surface area contributed by atoms with Crippen molar-refractivity contribution in [2.24, 2.45) is 10.9 Å². The minimum absolute atomic E-state index is 0.00504. The van der Waals surface area contributed by atoms with E-state index in [1.165, 1.54) is 12.8 Å². The summed E-state index contributed by atoms with van der Waals surface area (Å²) in [6, 6.07) is 0.151. The number of guanidine groups is 1. The number of amides is 2. The van der Waals surface area contributed by atoms with Crippen molar-refractivity contribution in [2.75, 3.05) is 39.3 Å². The normalized spacial score (nSPS) is 23.0. The van der Waals surface area contributed by atoms with Crippen LogP contribution in [0, 0.1) is 5.92 Å². The molecule has 2 amide bonds. The molecule has 8 heteroatoms. The summed E-state index contributed by atoms with van der Waals surface area (Å²) in [5.41, 5.74) is -0.485. The average molecular weight is 351 g/mol. The molecule has 1 saturated heterocycles. The van der Waals surface area contributed by atoms with Crippen molar-refractivity contribution in [3.05, 3.63) is 0 Å². The summed E-state index contributed by atoms with van der Waals surface area (Å²) in [6.07, 6.45) is 2.18. The Morgan fingerprint density at radius 1 is 1.28 bits per heavy atom. The molecule has 2 heterocycles. The van der Waals surface area contributed by atoms with Gasteiger partial charge in [-0.15, -0.1) is 0 Å². The molecule has 1 saturated carbocycles. The smallest absolute Gasteiger partial charge is 0.410 e. The van der Waals surface area contributed by atoms with E-state index in [-0.39, 0.29) is 24.6 Å². The standard InChI is InChI=1S/C17H29N5O3/c1-17(2,3)25-16(24)21-6-7-22-13(11-21)9-19-15(22)20-10-14(23)18-8-12-4-5-12/h12-13H,4-11H2,1-3H3,(H,18,23)(H,19,20). The quantitative estimate of drug-likeness (QED) is 0.765. The highest BCUT2D eigenvalue weighted by atomic mass is 16.6. The Bertz CT molecular complexity index is 553. The van der Waals surface area contributed by atoms with Crippen LogP contribution in [-0.2, 0) is 9.53 Å². The molecule has 0 bridgehead atoms. The fraction of sp³-hybridized carbons (Fsp3) is 0.824. The second kappa shape index (κ2) is 7.09. The molecule has 0 aromatic heterocycles. The summed E-state index contributed by atoms with van der Waals surface area (Å²) >= 11 is 0. The summed E-state index contributed by atoms with van der Waals surface area (Å²) in [7, 11) is 0. The van der Waals surface area contributed by atoms with Crippen LogP contribution in [0.3, 0.4) is 0 Å². The molecule has 1 atom stereocenters. The number of carbonyl (C=O) groups is 2. The second-order valence-electron chi connectivity index (χ2n) is 8.04. The van der Waals surface area contributed by atoms with E-state index in [0.717, 1.165) is 12.5 Å². The van der Waals surface area contributed by atoms with E-state index in [1.54, 1.807) is 4.90 Å².